The summed E-state index contributed by atoms with van der Waals surface area (Å²) < 4.78 is 6.42. The molecular formula is C15H23BrN2O. The third kappa shape index (κ3) is 5.35. The number of halogens is 1. The van der Waals surface area contributed by atoms with Gasteiger partial charge in [0.15, 0.2) is 0 Å². The number of methoxy groups -OCH3 is 1. The van der Waals surface area contributed by atoms with Crippen LogP contribution in [0.25, 0.3) is 0 Å². The van der Waals surface area contributed by atoms with Gasteiger partial charge in [0.25, 0.3) is 0 Å². The average Bonchev–Trinajstić information content (AvgIpc) is 2.43. The number of rotatable bonds is 9. The molecule has 0 heterocycles. The molecule has 1 unspecified atom stereocenters. The molecule has 0 aromatic heterocycles. The Labute approximate surface area is 124 Å². The number of hydrazine groups is 1. The van der Waals surface area contributed by atoms with Crippen molar-refractivity contribution in [2.75, 3.05) is 7.11 Å². The lowest BCUT2D eigenvalue weighted by atomic mass is 9.99. The van der Waals surface area contributed by atoms with Gasteiger partial charge in [0, 0.05) is 16.1 Å². The normalized spacial score (nSPS) is 12.2. The molecule has 0 bridgehead atoms. The van der Waals surface area contributed by atoms with E-state index in [-0.39, 0.29) is 6.04 Å². The SMILES string of the molecule is C=CCCCCCC(NN)c1ccc(Br)cc1OC. The number of ether oxygens (including phenoxy) is 1. The molecule has 3 N–H and O–H groups in total. The monoisotopic (exact) mass is 326 g/mol. The first-order chi connectivity index (χ1) is 9.22. The number of hydrogen-bond donors (Lipinski definition) is 2. The third-order valence-electron chi connectivity index (χ3n) is 3.17. The first-order valence-electron chi connectivity index (χ1n) is 6.63. The lowest BCUT2D eigenvalue weighted by molar-refractivity contribution is 0.392. The van der Waals surface area contributed by atoms with Crippen molar-refractivity contribution in [2.24, 2.45) is 5.84 Å². The molecule has 1 atom stereocenters. The first kappa shape index (κ1) is 16.2. The molecule has 3 nitrogen and oxygen atoms in total. The molecule has 0 saturated carbocycles. The molecule has 0 spiro atoms. The van der Waals surface area contributed by atoms with Crippen LogP contribution >= 0.6 is 15.9 Å². The fraction of sp³-hybridized carbons (Fsp3) is 0.467. The number of unbranched alkanes of at least 4 members (excludes halogenated alkanes) is 3. The highest BCUT2D eigenvalue weighted by Gasteiger charge is 2.14. The van der Waals surface area contributed by atoms with E-state index in [1.807, 2.05) is 18.2 Å². The van der Waals surface area contributed by atoms with Gasteiger partial charge in [-0.2, -0.15) is 0 Å². The molecule has 4 heteroatoms. The van der Waals surface area contributed by atoms with Crippen LogP contribution in [0, 0.1) is 0 Å². The maximum absolute atomic E-state index is 5.67. The van der Waals surface area contributed by atoms with Crippen LogP contribution in [0.4, 0.5) is 0 Å². The molecule has 106 valence electrons. The standard InChI is InChI=1S/C15H23BrN2O/c1-3-4-5-6-7-8-14(18-17)13-10-9-12(16)11-15(13)19-2/h3,9-11,14,18H,1,4-8,17H2,2H3. The maximum Gasteiger partial charge on any atom is 0.124 e. The molecule has 1 aromatic rings. The van der Waals surface area contributed by atoms with Crippen molar-refractivity contribution in [1.29, 1.82) is 0 Å². The smallest absolute Gasteiger partial charge is 0.124 e. The minimum atomic E-state index is 0.131. The van der Waals surface area contributed by atoms with Gasteiger partial charge in [0.05, 0.1) is 7.11 Å². The van der Waals surface area contributed by atoms with Crippen LogP contribution in [0.5, 0.6) is 5.75 Å². The van der Waals surface area contributed by atoms with Gasteiger partial charge in [-0.3, -0.25) is 11.3 Å². The molecule has 0 fully saturated rings. The van der Waals surface area contributed by atoms with Gasteiger partial charge in [-0.15, -0.1) is 6.58 Å². The Morgan fingerprint density at radius 3 is 2.84 bits per heavy atom. The van der Waals surface area contributed by atoms with Gasteiger partial charge >= 0.3 is 0 Å². The second kappa shape index (κ2) is 9.13. The highest BCUT2D eigenvalue weighted by atomic mass is 79.9. The Morgan fingerprint density at radius 2 is 2.21 bits per heavy atom. The van der Waals surface area contributed by atoms with Crippen LogP contribution in [0.3, 0.4) is 0 Å². The molecule has 1 rings (SSSR count). The van der Waals surface area contributed by atoms with E-state index in [1.54, 1.807) is 7.11 Å². The number of nitrogens with two attached hydrogens (primary N) is 1. The summed E-state index contributed by atoms with van der Waals surface area (Å²) in [5.74, 6) is 6.54. The van der Waals surface area contributed by atoms with Crippen molar-refractivity contribution in [2.45, 2.75) is 38.1 Å². The summed E-state index contributed by atoms with van der Waals surface area (Å²) in [6.45, 7) is 3.73. The fourth-order valence-electron chi connectivity index (χ4n) is 2.12. The van der Waals surface area contributed by atoms with Crippen LogP contribution in [-0.2, 0) is 0 Å². The van der Waals surface area contributed by atoms with E-state index in [9.17, 15) is 0 Å². The lowest BCUT2D eigenvalue weighted by Gasteiger charge is -2.19. The van der Waals surface area contributed by atoms with E-state index in [0.717, 1.165) is 35.0 Å². The number of nitrogens with one attached hydrogen (secondary N) is 1. The molecule has 0 aliphatic rings. The zero-order valence-electron chi connectivity index (χ0n) is 11.5. The number of hydrogen-bond acceptors (Lipinski definition) is 3. The molecule has 0 amide bonds. The van der Waals surface area contributed by atoms with Crippen LogP contribution < -0.4 is 16.0 Å². The van der Waals surface area contributed by atoms with E-state index in [4.69, 9.17) is 10.6 Å². The van der Waals surface area contributed by atoms with Crippen molar-refractivity contribution >= 4 is 15.9 Å². The van der Waals surface area contributed by atoms with Crippen LogP contribution in [0.2, 0.25) is 0 Å². The van der Waals surface area contributed by atoms with Gasteiger partial charge < -0.3 is 4.74 Å². The van der Waals surface area contributed by atoms with Crippen LogP contribution in [0.15, 0.2) is 35.3 Å². The first-order valence-corrected chi connectivity index (χ1v) is 7.42. The Morgan fingerprint density at radius 1 is 1.42 bits per heavy atom. The molecule has 0 radical (unpaired) electrons. The summed E-state index contributed by atoms with van der Waals surface area (Å²) in [6.07, 6.45) is 7.59. The van der Waals surface area contributed by atoms with Crippen molar-refractivity contribution in [3.63, 3.8) is 0 Å². The zero-order valence-corrected chi connectivity index (χ0v) is 13.1. The summed E-state index contributed by atoms with van der Waals surface area (Å²) in [5.41, 5.74) is 4.00. The van der Waals surface area contributed by atoms with Gasteiger partial charge in [0.1, 0.15) is 5.75 Å². The molecule has 0 aliphatic carbocycles. The average molecular weight is 327 g/mol. The van der Waals surface area contributed by atoms with Crippen LogP contribution in [-0.4, -0.2) is 7.11 Å². The third-order valence-corrected chi connectivity index (χ3v) is 3.67. The Balaban J connectivity index is 2.61. The molecular weight excluding hydrogens is 304 g/mol. The second-order valence-electron chi connectivity index (χ2n) is 4.53. The molecule has 0 aliphatic heterocycles. The van der Waals surface area contributed by atoms with Crippen molar-refractivity contribution in [3.05, 3.63) is 40.9 Å². The van der Waals surface area contributed by atoms with Crippen LogP contribution in [0.1, 0.15) is 43.7 Å². The second-order valence-corrected chi connectivity index (χ2v) is 5.45. The largest absolute Gasteiger partial charge is 0.496 e. The zero-order chi connectivity index (χ0) is 14.1. The van der Waals surface area contributed by atoms with Gasteiger partial charge in [-0.25, -0.2) is 0 Å². The van der Waals surface area contributed by atoms with E-state index in [1.165, 1.54) is 12.8 Å². The summed E-state index contributed by atoms with van der Waals surface area (Å²) in [4.78, 5) is 0. The van der Waals surface area contributed by atoms with Crippen molar-refractivity contribution in [3.8, 4) is 5.75 Å². The van der Waals surface area contributed by atoms with E-state index in [2.05, 4.69) is 34.0 Å². The van der Waals surface area contributed by atoms with Gasteiger partial charge in [-0.1, -0.05) is 40.9 Å². The van der Waals surface area contributed by atoms with Crippen molar-refractivity contribution < 1.29 is 4.74 Å². The summed E-state index contributed by atoms with van der Waals surface area (Å²) >= 11 is 3.45. The summed E-state index contributed by atoms with van der Waals surface area (Å²) in [7, 11) is 1.68. The molecule has 1 aromatic carbocycles. The number of benzene rings is 1. The quantitative estimate of drug-likeness (QED) is 0.311. The Kier molecular flexibility index (Phi) is 7.79. The summed E-state index contributed by atoms with van der Waals surface area (Å²) in [5, 5.41) is 0. The van der Waals surface area contributed by atoms with E-state index in [0.29, 0.717) is 0 Å². The predicted octanol–water partition coefficient (Wildman–Crippen LogP) is 4.10. The predicted molar refractivity (Wildman–Crippen MR) is 84.0 cm³/mol. The number of allylic oxidation sites excluding steroid dienone is 1. The topological polar surface area (TPSA) is 47.3 Å². The van der Waals surface area contributed by atoms with Crippen molar-refractivity contribution in [1.82, 2.24) is 5.43 Å². The Bertz CT molecular complexity index is 396. The van der Waals surface area contributed by atoms with Gasteiger partial charge in [-0.05, 0) is 31.4 Å². The lowest BCUT2D eigenvalue weighted by Crippen LogP contribution is -2.28. The van der Waals surface area contributed by atoms with Gasteiger partial charge in [0.2, 0.25) is 0 Å². The van der Waals surface area contributed by atoms with E-state index < -0.39 is 0 Å². The van der Waals surface area contributed by atoms with E-state index >= 15 is 0 Å². The summed E-state index contributed by atoms with van der Waals surface area (Å²) in [6, 6.07) is 6.17. The fourth-order valence-corrected chi connectivity index (χ4v) is 2.46. The maximum atomic E-state index is 5.67. The minimum Gasteiger partial charge on any atom is -0.496 e. The highest BCUT2D eigenvalue weighted by Crippen LogP contribution is 2.30. The molecule has 0 saturated heterocycles. The Hall–Kier alpha value is -0.840. The molecule has 19 heavy (non-hydrogen) atoms. The minimum absolute atomic E-state index is 0.131. The highest BCUT2D eigenvalue weighted by molar-refractivity contribution is 9.10.